The minimum atomic E-state index is -0.575. The summed E-state index contributed by atoms with van der Waals surface area (Å²) in [4.78, 5) is 28.4. The predicted molar refractivity (Wildman–Crippen MR) is 73.1 cm³/mol. The predicted octanol–water partition coefficient (Wildman–Crippen LogP) is 0.820. The Balaban J connectivity index is 2.39. The van der Waals surface area contributed by atoms with Gasteiger partial charge in [-0.05, 0) is 6.54 Å². The molecule has 0 bridgehead atoms. The van der Waals surface area contributed by atoms with Crippen molar-refractivity contribution in [2.45, 2.75) is 6.92 Å². The van der Waals surface area contributed by atoms with Crippen LogP contribution < -0.4 is 15.6 Å². The van der Waals surface area contributed by atoms with Gasteiger partial charge in [-0.15, -0.1) is 0 Å². The molecule has 1 aromatic carbocycles. The topological polar surface area (TPSA) is 110 Å². The molecule has 0 amide bonds. The van der Waals surface area contributed by atoms with E-state index in [2.05, 4.69) is 15.3 Å². The molecular weight excluding hydrogens is 264 g/mol. The van der Waals surface area contributed by atoms with Crippen LogP contribution in [0.5, 0.6) is 5.75 Å². The Morgan fingerprint density at radius 1 is 1.50 bits per heavy atom. The van der Waals surface area contributed by atoms with Crippen LogP contribution in [0, 0.1) is 10.1 Å². The number of aromatic amines is 1. The van der Waals surface area contributed by atoms with Gasteiger partial charge in [-0.25, -0.2) is 4.98 Å². The molecule has 0 saturated carbocycles. The second kappa shape index (κ2) is 6.11. The highest BCUT2D eigenvalue weighted by Gasteiger charge is 2.18. The minimum Gasteiger partial charge on any atom is -0.485 e. The summed E-state index contributed by atoms with van der Waals surface area (Å²) in [6.07, 6.45) is 1.25. The number of nitro groups is 1. The molecular formula is C12H14N4O4. The number of nitrogens with zero attached hydrogens (tertiary/aromatic N) is 2. The lowest BCUT2D eigenvalue weighted by molar-refractivity contribution is -0.385. The quantitative estimate of drug-likeness (QED) is 0.460. The van der Waals surface area contributed by atoms with Crippen LogP contribution in [0.25, 0.3) is 10.9 Å². The molecule has 0 spiro atoms. The second-order valence-electron chi connectivity index (χ2n) is 4.03. The van der Waals surface area contributed by atoms with E-state index in [0.29, 0.717) is 18.7 Å². The van der Waals surface area contributed by atoms with Gasteiger partial charge in [0.05, 0.1) is 22.2 Å². The lowest BCUT2D eigenvalue weighted by Crippen LogP contribution is -2.20. The van der Waals surface area contributed by atoms with Crippen molar-refractivity contribution in [1.29, 1.82) is 0 Å². The normalized spacial score (nSPS) is 10.7. The van der Waals surface area contributed by atoms with Gasteiger partial charge in [0.25, 0.3) is 5.56 Å². The molecule has 2 N–H and O–H groups in total. The molecule has 1 aromatic heterocycles. The molecule has 2 aromatic rings. The van der Waals surface area contributed by atoms with Gasteiger partial charge in [0, 0.05) is 18.7 Å². The lowest BCUT2D eigenvalue weighted by Gasteiger charge is -2.07. The Morgan fingerprint density at radius 3 is 3.00 bits per heavy atom. The number of aromatic nitrogens is 2. The third-order valence-corrected chi connectivity index (χ3v) is 2.70. The molecule has 106 valence electrons. The number of rotatable bonds is 6. The van der Waals surface area contributed by atoms with Crippen molar-refractivity contribution in [3.05, 3.63) is 38.9 Å². The largest absolute Gasteiger partial charge is 0.485 e. The van der Waals surface area contributed by atoms with Crippen molar-refractivity contribution in [3.63, 3.8) is 0 Å². The Labute approximate surface area is 113 Å². The molecule has 1 heterocycles. The zero-order valence-electron chi connectivity index (χ0n) is 10.9. The molecule has 8 heteroatoms. The lowest BCUT2D eigenvalue weighted by atomic mass is 10.2. The number of H-pyrrole nitrogens is 1. The molecule has 0 radical (unpaired) electrons. The molecule has 2 rings (SSSR count). The molecule has 0 aliphatic heterocycles. The Bertz CT molecular complexity index is 683. The maximum atomic E-state index is 11.6. The summed E-state index contributed by atoms with van der Waals surface area (Å²) in [5.74, 6) is 0.110. The Hall–Kier alpha value is -2.48. The van der Waals surface area contributed by atoms with Gasteiger partial charge >= 0.3 is 5.69 Å². The van der Waals surface area contributed by atoms with Gasteiger partial charge in [0.15, 0.2) is 5.75 Å². The molecule has 20 heavy (non-hydrogen) atoms. The number of nitrogens with one attached hydrogen (secondary N) is 2. The zero-order valence-corrected chi connectivity index (χ0v) is 10.9. The summed E-state index contributed by atoms with van der Waals surface area (Å²) < 4.78 is 5.39. The number of fused-ring (bicyclic) bond motifs is 1. The Kier molecular flexibility index (Phi) is 4.26. The van der Waals surface area contributed by atoms with E-state index in [4.69, 9.17) is 4.74 Å². The summed E-state index contributed by atoms with van der Waals surface area (Å²) in [6, 6.07) is 2.60. The third kappa shape index (κ3) is 2.91. The van der Waals surface area contributed by atoms with E-state index < -0.39 is 10.5 Å². The van der Waals surface area contributed by atoms with Crippen LogP contribution in [0.4, 0.5) is 5.69 Å². The van der Waals surface area contributed by atoms with Crippen LogP contribution >= 0.6 is 0 Å². The van der Waals surface area contributed by atoms with Crippen LogP contribution in [-0.4, -0.2) is 34.6 Å². The fraction of sp³-hybridized carbons (Fsp3) is 0.333. The van der Waals surface area contributed by atoms with E-state index >= 15 is 0 Å². The summed E-state index contributed by atoms with van der Waals surface area (Å²) in [6.45, 7) is 3.62. The average molecular weight is 278 g/mol. The van der Waals surface area contributed by atoms with Gasteiger partial charge < -0.3 is 15.0 Å². The van der Waals surface area contributed by atoms with E-state index in [0.717, 1.165) is 6.54 Å². The highest BCUT2D eigenvalue weighted by atomic mass is 16.6. The van der Waals surface area contributed by atoms with Crippen LogP contribution in [0.2, 0.25) is 0 Å². The van der Waals surface area contributed by atoms with Crippen molar-refractivity contribution >= 4 is 16.6 Å². The first-order chi connectivity index (χ1) is 9.63. The Morgan fingerprint density at radius 2 is 2.30 bits per heavy atom. The van der Waals surface area contributed by atoms with Gasteiger partial charge in [-0.2, -0.15) is 0 Å². The molecule has 0 unspecified atom stereocenters. The maximum Gasteiger partial charge on any atom is 0.311 e. The summed E-state index contributed by atoms with van der Waals surface area (Å²) in [5, 5.41) is 14.3. The smallest absolute Gasteiger partial charge is 0.311 e. The monoisotopic (exact) mass is 278 g/mol. The summed E-state index contributed by atoms with van der Waals surface area (Å²) in [7, 11) is 0. The van der Waals surface area contributed by atoms with E-state index in [1.165, 1.54) is 18.5 Å². The first-order valence-electron chi connectivity index (χ1n) is 6.13. The number of benzene rings is 1. The molecule has 0 aliphatic carbocycles. The van der Waals surface area contributed by atoms with E-state index in [1.54, 1.807) is 0 Å². The number of nitro benzene ring substituents is 1. The highest BCUT2D eigenvalue weighted by Crippen LogP contribution is 2.29. The van der Waals surface area contributed by atoms with E-state index in [1.807, 2.05) is 6.92 Å². The van der Waals surface area contributed by atoms with Crippen molar-refractivity contribution in [1.82, 2.24) is 15.3 Å². The second-order valence-corrected chi connectivity index (χ2v) is 4.03. The molecule has 0 saturated heterocycles. The molecule has 8 nitrogen and oxygen atoms in total. The fourth-order valence-corrected chi connectivity index (χ4v) is 1.75. The SMILES string of the molecule is CCNCCOc1cc2nc[nH]c(=O)c2cc1[N+](=O)[O-]. The van der Waals surface area contributed by atoms with E-state index in [-0.39, 0.29) is 16.8 Å². The molecule has 0 atom stereocenters. The van der Waals surface area contributed by atoms with E-state index in [9.17, 15) is 14.9 Å². The van der Waals surface area contributed by atoms with Crippen molar-refractivity contribution in [2.24, 2.45) is 0 Å². The van der Waals surface area contributed by atoms with Crippen LogP contribution in [-0.2, 0) is 0 Å². The standard InChI is InChI=1S/C12H14N4O4/c1-2-13-3-4-20-11-6-9-8(5-10(11)16(18)19)12(17)15-7-14-9/h5-7,13H,2-4H2,1H3,(H,14,15,17). The highest BCUT2D eigenvalue weighted by molar-refractivity contribution is 5.82. The van der Waals surface area contributed by atoms with Gasteiger partial charge in [0.1, 0.15) is 6.61 Å². The number of hydrogen-bond donors (Lipinski definition) is 2. The van der Waals surface area contributed by atoms with Crippen LogP contribution in [0.1, 0.15) is 6.92 Å². The average Bonchev–Trinajstić information content (AvgIpc) is 2.43. The fourth-order valence-electron chi connectivity index (χ4n) is 1.75. The molecule has 0 fully saturated rings. The van der Waals surface area contributed by atoms with Gasteiger partial charge in [-0.1, -0.05) is 6.92 Å². The zero-order chi connectivity index (χ0) is 14.5. The molecule has 0 aliphatic rings. The number of hydrogen-bond acceptors (Lipinski definition) is 6. The minimum absolute atomic E-state index is 0.110. The van der Waals surface area contributed by atoms with Crippen molar-refractivity contribution < 1.29 is 9.66 Å². The summed E-state index contributed by atoms with van der Waals surface area (Å²) >= 11 is 0. The van der Waals surface area contributed by atoms with Crippen molar-refractivity contribution in [3.8, 4) is 5.75 Å². The first-order valence-corrected chi connectivity index (χ1v) is 6.13. The number of ether oxygens (including phenoxy) is 1. The maximum absolute atomic E-state index is 11.6. The van der Waals surface area contributed by atoms with Gasteiger partial charge in [-0.3, -0.25) is 14.9 Å². The third-order valence-electron chi connectivity index (χ3n) is 2.70. The van der Waals surface area contributed by atoms with Crippen molar-refractivity contribution in [2.75, 3.05) is 19.7 Å². The summed E-state index contributed by atoms with van der Waals surface area (Å²) in [5.41, 5.74) is -0.303. The first kappa shape index (κ1) is 13.9. The number of likely N-dealkylation sites (N-methyl/N-ethyl adjacent to an activating group) is 1. The van der Waals surface area contributed by atoms with Crippen LogP contribution in [0.15, 0.2) is 23.3 Å². The van der Waals surface area contributed by atoms with Gasteiger partial charge in [0.2, 0.25) is 0 Å². The van der Waals surface area contributed by atoms with Crippen LogP contribution in [0.3, 0.4) is 0 Å².